The summed E-state index contributed by atoms with van der Waals surface area (Å²) < 4.78 is 10.2. The molecule has 0 aliphatic rings. The van der Waals surface area contributed by atoms with Gasteiger partial charge in [-0.15, -0.1) is 0 Å². The minimum absolute atomic E-state index is 0.370. The van der Waals surface area contributed by atoms with Gasteiger partial charge in [-0.1, -0.05) is 0 Å². The second-order valence-corrected chi connectivity index (χ2v) is 2.69. The lowest BCUT2D eigenvalue weighted by Gasteiger charge is -2.10. The minimum Gasteiger partial charge on any atom is -0.493 e. The molecule has 0 amide bonds. The van der Waals surface area contributed by atoms with Crippen molar-refractivity contribution in [2.75, 3.05) is 14.2 Å². The van der Waals surface area contributed by atoms with Crippen molar-refractivity contribution in [3.63, 3.8) is 0 Å². The Morgan fingerprint density at radius 2 is 2.07 bits per heavy atom. The van der Waals surface area contributed by atoms with Crippen molar-refractivity contribution in [3.05, 3.63) is 23.3 Å². The molecular weight excluding hydrogens is 180 g/mol. The Bertz CT molecular complexity index is 369. The van der Waals surface area contributed by atoms with Crippen molar-refractivity contribution in [1.29, 1.82) is 5.26 Å². The fourth-order valence-electron chi connectivity index (χ4n) is 1.22. The molecule has 0 saturated carbocycles. The molecule has 14 heavy (non-hydrogen) atoms. The van der Waals surface area contributed by atoms with Gasteiger partial charge in [0.1, 0.15) is 6.07 Å². The van der Waals surface area contributed by atoms with E-state index in [4.69, 9.17) is 20.5 Å². The van der Waals surface area contributed by atoms with E-state index >= 15 is 0 Å². The van der Waals surface area contributed by atoms with Gasteiger partial charge >= 0.3 is 0 Å². The first-order valence-corrected chi connectivity index (χ1v) is 4.11. The van der Waals surface area contributed by atoms with Crippen LogP contribution in [0.1, 0.15) is 11.1 Å². The third kappa shape index (κ3) is 1.78. The molecule has 0 aliphatic heterocycles. The highest BCUT2D eigenvalue weighted by molar-refractivity contribution is 5.54. The molecule has 0 bridgehead atoms. The van der Waals surface area contributed by atoms with Crippen LogP contribution in [0.3, 0.4) is 0 Å². The second kappa shape index (κ2) is 4.49. The molecule has 0 atom stereocenters. The summed E-state index contributed by atoms with van der Waals surface area (Å²) in [5.74, 6) is 0.985. The SMILES string of the molecule is COc1cc(CN)cc(C#N)c1OC. The number of hydrogen-bond acceptors (Lipinski definition) is 4. The molecule has 4 nitrogen and oxygen atoms in total. The fourth-order valence-corrected chi connectivity index (χ4v) is 1.22. The molecule has 0 fully saturated rings. The van der Waals surface area contributed by atoms with Crippen molar-refractivity contribution in [2.45, 2.75) is 6.54 Å². The van der Waals surface area contributed by atoms with Gasteiger partial charge in [0.25, 0.3) is 0 Å². The predicted molar refractivity (Wildman–Crippen MR) is 52.2 cm³/mol. The Morgan fingerprint density at radius 3 is 2.50 bits per heavy atom. The first-order valence-electron chi connectivity index (χ1n) is 4.11. The Morgan fingerprint density at radius 1 is 1.36 bits per heavy atom. The summed E-state index contributed by atoms with van der Waals surface area (Å²) in [7, 11) is 3.03. The van der Waals surface area contributed by atoms with Gasteiger partial charge in [0.2, 0.25) is 0 Å². The molecule has 0 aromatic heterocycles. The average molecular weight is 192 g/mol. The van der Waals surface area contributed by atoms with Gasteiger partial charge in [-0.3, -0.25) is 0 Å². The van der Waals surface area contributed by atoms with Gasteiger partial charge in [0.05, 0.1) is 19.8 Å². The highest BCUT2D eigenvalue weighted by Gasteiger charge is 2.11. The molecule has 0 radical (unpaired) electrons. The topological polar surface area (TPSA) is 68.3 Å². The van der Waals surface area contributed by atoms with E-state index in [9.17, 15) is 0 Å². The van der Waals surface area contributed by atoms with Crippen LogP contribution < -0.4 is 15.2 Å². The number of nitriles is 1. The molecule has 74 valence electrons. The van der Waals surface area contributed by atoms with E-state index < -0.39 is 0 Å². The molecule has 1 rings (SSSR count). The maximum atomic E-state index is 8.86. The van der Waals surface area contributed by atoms with Crippen LogP contribution in [0.2, 0.25) is 0 Å². The average Bonchev–Trinajstić information content (AvgIpc) is 2.26. The molecule has 1 aromatic carbocycles. The molecule has 0 spiro atoms. The van der Waals surface area contributed by atoms with Crippen molar-refractivity contribution in [2.24, 2.45) is 5.73 Å². The summed E-state index contributed by atoms with van der Waals surface area (Å²) in [6.07, 6.45) is 0. The third-order valence-corrected chi connectivity index (χ3v) is 1.89. The molecule has 2 N–H and O–H groups in total. The molecule has 0 aliphatic carbocycles. The summed E-state index contributed by atoms with van der Waals surface area (Å²) in [5, 5.41) is 8.86. The van der Waals surface area contributed by atoms with E-state index in [2.05, 4.69) is 0 Å². The van der Waals surface area contributed by atoms with E-state index in [1.807, 2.05) is 6.07 Å². The maximum absolute atomic E-state index is 8.86. The summed E-state index contributed by atoms with van der Waals surface area (Å²) in [6.45, 7) is 0.370. The number of hydrogen-bond donors (Lipinski definition) is 1. The predicted octanol–water partition coefficient (Wildman–Crippen LogP) is 1.03. The molecule has 4 heteroatoms. The van der Waals surface area contributed by atoms with Gasteiger partial charge in [-0.05, 0) is 17.7 Å². The lowest BCUT2D eigenvalue weighted by molar-refractivity contribution is 0.353. The van der Waals surface area contributed by atoms with Crippen LogP contribution in [0.25, 0.3) is 0 Å². The molecular formula is C10H12N2O2. The number of ether oxygens (including phenoxy) is 2. The largest absolute Gasteiger partial charge is 0.493 e. The van der Waals surface area contributed by atoms with Crippen molar-refractivity contribution >= 4 is 0 Å². The lowest BCUT2D eigenvalue weighted by atomic mass is 10.1. The van der Waals surface area contributed by atoms with Gasteiger partial charge < -0.3 is 15.2 Å². The van der Waals surface area contributed by atoms with Crippen LogP contribution in [0.5, 0.6) is 11.5 Å². The Balaban J connectivity index is 3.34. The van der Waals surface area contributed by atoms with Crippen LogP contribution in [0.15, 0.2) is 12.1 Å². The highest BCUT2D eigenvalue weighted by Crippen LogP contribution is 2.31. The Labute approximate surface area is 82.9 Å². The quantitative estimate of drug-likeness (QED) is 0.776. The Hall–Kier alpha value is -1.73. The zero-order valence-corrected chi connectivity index (χ0v) is 8.20. The van der Waals surface area contributed by atoms with Gasteiger partial charge in [-0.25, -0.2) is 0 Å². The van der Waals surface area contributed by atoms with E-state index in [0.717, 1.165) is 5.56 Å². The molecule has 0 heterocycles. The zero-order valence-electron chi connectivity index (χ0n) is 8.20. The number of methoxy groups -OCH3 is 2. The summed E-state index contributed by atoms with van der Waals surface area (Å²) in [6, 6.07) is 5.49. The molecule has 0 unspecified atom stereocenters. The number of nitrogens with two attached hydrogens (primary N) is 1. The van der Waals surface area contributed by atoms with Crippen LogP contribution in [-0.4, -0.2) is 14.2 Å². The minimum atomic E-state index is 0.370. The molecule has 1 aromatic rings. The fraction of sp³-hybridized carbons (Fsp3) is 0.300. The third-order valence-electron chi connectivity index (χ3n) is 1.89. The summed E-state index contributed by atoms with van der Waals surface area (Å²) in [5.41, 5.74) is 6.77. The first-order chi connectivity index (χ1) is 6.76. The standard InChI is InChI=1S/C10H12N2O2/c1-13-9-4-7(5-11)3-8(6-12)10(9)14-2/h3-4H,5,11H2,1-2H3. The van der Waals surface area contributed by atoms with Crippen molar-refractivity contribution in [3.8, 4) is 17.6 Å². The number of benzene rings is 1. The number of nitrogens with zero attached hydrogens (tertiary/aromatic N) is 1. The second-order valence-electron chi connectivity index (χ2n) is 2.69. The van der Waals surface area contributed by atoms with Crippen LogP contribution >= 0.6 is 0 Å². The first kappa shape index (κ1) is 10.4. The van der Waals surface area contributed by atoms with Gasteiger partial charge in [0, 0.05) is 6.54 Å². The van der Waals surface area contributed by atoms with Crippen molar-refractivity contribution < 1.29 is 9.47 Å². The maximum Gasteiger partial charge on any atom is 0.178 e. The van der Waals surface area contributed by atoms with E-state index in [0.29, 0.717) is 23.6 Å². The monoisotopic (exact) mass is 192 g/mol. The Kier molecular flexibility index (Phi) is 3.32. The van der Waals surface area contributed by atoms with Gasteiger partial charge in [0.15, 0.2) is 11.5 Å². The van der Waals surface area contributed by atoms with E-state index in [-0.39, 0.29) is 0 Å². The summed E-state index contributed by atoms with van der Waals surface area (Å²) in [4.78, 5) is 0. The van der Waals surface area contributed by atoms with Crippen LogP contribution in [0, 0.1) is 11.3 Å². The van der Waals surface area contributed by atoms with Crippen LogP contribution in [0.4, 0.5) is 0 Å². The normalized spacial score (nSPS) is 9.29. The van der Waals surface area contributed by atoms with Crippen LogP contribution in [-0.2, 0) is 6.54 Å². The number of rotatable bonds is 3. The summed E-state index contributed by atoms with van der Waals surface area (Å²) >= 11 is 0. The zero-order chi connectivity index (χ0) is 10.6. The van der Waals surface area contributed by atoms with Gasteiger partial charge in [-0.2, -0.15) is 5.26 Å². The van der Waals surface area contributed by atoms with E-state index in [1.54, 1.807) is 12.1 Å². The highest BCUT2D eigenvalue weighted by atomic mass is 16.5. The smallest absolute Gasteiger partial charge is 0.178 e. The van der Waals surface area contributed by atoms with Crippen molar-refractivity contribution in [1.82, 2.24) is 0 Å². The lowest BCUT2D eigenvalue weighted by Crippen LogP contribution is -2.00. The molecule has 0 saturated heterocycles. The van der Waals surface area contributed by atoms with E-state index in [1.165, 1.54) is 14.2 Å².